The van der Waals surface area contributed by atoms with Crippen molar-refractivity contribution in [3.05, 3.63) is 53.6 Å². The van der Waals surface area contributed by atoms with E-state index in [1.807, 2.05) is 12.1 Å². The molecule has 2 aromatic rings. The van der Waals surface area contributed by atoms with Crippen LogP contribution in [0.2, 0.25) is 0 Å². The number of benzene rings is 2. The normalized spacial score (nSPS) is 18.4. The predicted molar refractivity (Wildman–Crippen MR) is 104 cm³/mol. The number of anilines is 1. The van der Waals surface area contributed by atoms with Crippen LogP contribution in [-0.2, 0) is 6.54 Å². The van der Waals surface area contributed by atoms with Crippen LogP contribution in [-0.4, -0.2) is 43.8 Å². The van der Waals surface area contributed by atoms with E-state index in [1.54, 1.807) is 20.3 Å². The Hall–Kier alpha value is -2.73. The Labute approximate surface area is 159 Å². The monoisotopic (exact) mass is 367 g/mol. The predicted octanol–water partition coefficient (Wildman–Crippen LogP) is 2.85. The van der Waals surface area contributed by atoms with Crippen molar-refractivity contribution in [2.45, 2.75) is 25.0 Å². The van der Waals surface area contributed by atoms with Crippen LogP contribution < -0.4 is 20.1 Å². The highest BCUT2D eigenvalue weighted by Crippen LogP contribution is 2.38. The number of piperidine rings is 1. The molecule has 6 heteroatoms. The Morgan fingerprint density at radius 2 is 1.67 bits per heavy atom. The van der Waals surface area contributed by atoms with Crippen molar-refractivity contribution in [2.24, 2.45) is 0 Å². The summed E-state index contributed by atoms with van der Waals surface area (Å²) >= 11 is 0. The minimum Gasteiger partial charge on any atom is -0.493 e. The number of likely N-dealkylation sites (tertiary alicyclic amines) is 1. The number of methoxy groups -OCH3 is 2. The van der Waals surface area contributed by atoms with Crippen molar-refractivity contribution >= 4 is 11.6 Å². The molecule has 1 spiro atoms. The molecule has 27 heavy (non-hydrogen) atoms. The van der Waals surface area contributed by atoms with Gasteiger partial charge in [0.2, 0.25) is 0 Å². The van der Waals surface area contributed by atoms with E-state index in [9.17, 15) is 4.79 Å². The molecule has 0 bridgehead atoms. The van der Waals surface area contributed by atoms with Crippen LogP contribution in [0, 0.1) is 0 Å². The third-order valence-corrected chi connectivity index (χ3v) is 5.45. The summed E-state index contributed by atoms with van der Waals surface area (Å²) in [4.78, 5) is 15.2. The van der Waals surface area contributed by atoms with E-state index in [0.29, 0.717) is 17.1 Å². The first kappa shape index (κ1) is 17.7. The fourth-order valence-electron chi connectivity index (χ4n) is 3.93. The second-order valence-corrected chi connectivity index (χ2v) is 7.18. The summed E-state index contributed by atoms with van der Waals surface area (Å²) < 4.78 is 10.7. The van der Waals surface area contributed by atoms with Crippen LogP contribution in [0.1, 0.15) is 28.8 Å². The number of fused-ring (bicyclic) bond motifs is 1. The van der Waals surface area contributed by atoms with Gasteiger partial charge in [-0.2, -0.15) is 0 Å². The van der Waals surface area contributed by atoms with Crippen LogP contribution >= 0.6 is 0 Å². The van der Waals surface area contributed by atoms with E-state index in [1.165, 1.54) is 5.56 Å². The van der Waals surface area contributed by atoms with Gasteiger partial charge < -0.3 is 20.1 Å². The van der Waals surface area contributed by atoms with E-state index in [2.05, 4.69) is 39.8 Å². The van der Waals surface area contributed by atoms with Gasteiger partial charge in [-0.05, 0) is 11.6 Å². The summed E-state index contributed by atoms with van der Waals surface area (Å²) in [5, 5.41) is 6.75. The third-order valence-electron chi connectivity index (χ3n) is 5.45. The maximum atomic E-state index is 12.7. The maximum Gasteiger partial charge on any atom is 0.255 e. The van der Waals surface area contributed by atoms with Gasteiger partial charge >= 0.3 is 0 Å². The molecular weight excluding hydrogens is 342 g/mol. The molecule has 142 valence electrons. The van der Waals surface area contributed by atoms with Crippen molar-refractivity contribution in [3.63, 3.8) is 0 Å². The fourth-order valence-corrected chi connectivity index (χ4v) is 3.93. The number of carbonyl (C=O) groups excluding carboxylic acids is 1. The average Bonchev–Trinajstić information content (AvgIpc) is 2.70. The van der Waals surface area contributed by atoms with E-state index < -0.39 is 5.66 Å². The van der Waals surface area contributed by atoms with Gasteiger partial charge in [0.1, 0.15) is 5.66 Å². The molecular formula is C21H25N3O3. The van der Waals surface area contributed by atoms with Crippen LogP contribution in [0.5, 0.6) is 11.5 Å². The van der Waals surface area contributed by atoms with Crippen molar-refractivity contribution in [1.82, 2.24) is 10.2 Å². The van der Waals surface area contributed by atoms with Crippen molar-refractivity contribution < 1.29 is 14.3 Å². The SMILES string of the molecule is COc1cc2c(cc1OC)C(=O)NC1(CCN(Cc3ccccc3)CC1)N2. The van der Waals surface area contributed by atoms with Crippen molar-refractivity contribution in [3.8, 4) is 11.5 Å². The highest BCUT2D eigenvalue weighted by molar-refractivity contribution is 6.03. The largest absolute Gasteiger partial charge is 0.493 e. The maximum absolute atomic E-state index is 12.7. The molecule has 0 saturated carbocycles. The Morgan fingerprint density at radius 1 is 1.00 bits per heavy atom. The first-order valence-electron chi connectivity index (χ1n) is 9.25. The molecule has 0 atom stereocenters. The number of carbonyl (C=O) groups is 1. The van der Waals surface area contributed by atoms with Gasteiger partial charge in [0.15, 0.2) is 11.5 Å². The van der Waals surface area contributed by atoms with Gasteiger partial charge in [-0.3, -0.25) is 9.69 Å². The summed E-state index contributed by atoms with van der Waals surface area (Å²) in [6.07, 6.45) is 1.69. The molecule has 4 rings (SSSR count). The zero-order chi connectivity index (χ0) is 18.9. The molecule has 0 unspecified atom stereocenters. The lowest BCUT2D eigenvalue weighted by Crippen LogP contribution is -2.62. The Morgan fingerprint density at radius 3 is 2.33 bits per heavy atom. The van der Waals surface area contributed by atoms with E-state index in [0.717, 1.165) is 38.2 Å². The lowest BCUT2D eigenvalue weighted by Gasteiger charge is -2.46. The first-order valence-corrected chi connectivity index (χ1v) is 9.25. The summed E-state index contributed by atoms with van der Waals surface area (Å²) in [7, 11) is 3.17. The van der Waals surface area contributed by atoms with Gasteiger partial charge in [0.05, 0.1) is 25.5 Å². The average molecular weight is 367 g/mol. The second-order valence-electron chi connectivity index (χ2n) is 7.18. The number of amides is 1. The quantitative estimate of drug-likeness (QED) is 0.870. The highest BCUT2D eigenvalue weighted by atomic mass is 16.5. The number of rotatable bonds is 4. The smallest absolute Gasteiger partial charge is 0.255 e. The third kappa shape index (κ3) is 3.45. The number of ether oxygens (including phenoxy) is 2. The summed E-state index contributed by atoms with van der Waals surface area (Å²) in [6, 6.07) is 14.1. The van der Waals surface area contributed by atoms with Crippen LogP contribution in [0.4, 0.5) is 5.69 Å². The van der Waals surface area contributed by atoms with Gasteiger partial charge in [-0.1, -0.05) is 30.3 Å². The molecule has 1 saturated heterocycles. The summed E-state index contributed by atoms with van der Waals surface area (Å²) in [5.74, 6) is 1.11. The topological polar surface area (TPSA) is 62.8 Å². The van der Waals surface area contributed by atoms with Crippen molar-refractivity contribution in [1.29, 1.82) is 0 Å². The van der Waals surface area contributed by atoms with Gasteiger partial charge in [0.25, 0.3) is 5.91 Å². The number of nitrogens with one attached hydrogen (secondary N) is 2. The van der Waals surface area contributed by atoms with Gasteiger partial charge in [0, 0.05) is 38.5 Å². The van der Waals surface area contributed by atoms with E-state index in [4.69, 9.17) is 9.47 Å². The van der Waals surface area contributed by atoms with Gasteiger partial charge in [-0.25, -0.2) is 0 Å². The zero-order valence-electron chi connectivity index (χ0n) is 15.7. The van der Waals surface area contributed by atoms with E-state index in [-0.39, 0.29) is 5.91 Å². The van der Waals surface area contributed by atoms with E-state index >= 15 is 0 Å². The molecule has 2 aliphatic heterocycles. The molecule has 0 radical (unpaired) electrons. The molecule has 6 nitrogen and oxygen atoms in total. The number of hydrogen-bond donors (Lipinski definition) is 2. The lowest BCUT2D eigenvalue weighted by molar-refractivity contribution is 0.0822. The minimum atomic E-state index is -0.406. The molecule has 1 amide bonds. The molecule has 2 aromatic carbocycles. The summed E-state index contributed by atoms with van der Waals surface area (Å²) in [5.41, 5.74) is 2.30. The van der Waals surface area contributed by atoms with Crippen LogP contribution in [0.15, 0.2) is 42.5 Å². The lowest BCUT2D eigenvalue weighted by atomic mass is 9.92. The summed E-state index contributed by atoms with van der Waals surface area (Å²) in [6.45, 7) is 2.78. The highest BCUT2D eigenvalue weighted by Gasteiger charge is 2.40. The van der Waals surface area contributed by atoms with Gasteiger partial charge in [-0.15, -0.1) is 0 Å². The molecule has 2 heterocycles. The fraction of sp³-hybridized carbons (Fsp3) is 0.381. The molecule has 0 aromatic heterocycles. The van der Waals surface area contributed by atoms with Crippen LogP contribution in [0.25, 0.3) is 0 Å². The molecule has 2 N–H and O–H groups in total. The molecule has 2 aliphatic rings. The number of nitrogens with zero attached hydrogens (tertiary/aromatic N) is 1. The Balaban J connectivity index is 1.49. The zero-order valence-corrected chi connectivity index (χ0v) is 15.7. The molecule has 1 fully saturated rings. The molecule has 0 aliphatic carbocycles. The Kier molecular flexibility index (Phi) is 4.66. The van der Waals surface area contributed by atoms with Crippen molar-refractivity contribution in [2.75, 3.05) is 32.6 Å². The number of hydrogen-bond acceptors (Lipinski definition) is 5. The van der Waals surface area contributed by atoms with Crippen LogP contribution in [0.3, 0.4) is 0 Å². The minimum absolute atomic E-state index is 0.0683. The standard InChI is InChI=1S/C21H25N3O3/c1-26-18-12-16-17(13-19(18)27-2)22-21(23-20(16)25)8-10-24(11-9-21)14-15-6-4-3-5-7-15/h3-7,12-13,22H,8-11,14H2,1-2H3,(H,23,25). The first-order chi connectivity index (χ1) is 13.1. The Bertz CT molecular complexity index is 830. The second kappa shape index (κ2) is 7.12.